The number of para-hydroxylation sites is 1. The zero-order chi connectivity index (χ0) is 15.6. The minimum Gasteiger partial charge on any atom is -0.341 e. The van der Waals surface area contributed by atoms with Gasteiger partial charge in [-0.1, -0.05) is 18.2 Å². The molecule has 1 fully saturated rings. The topological polar surface area (TPSA) is 97.6 Å². The van der Waals surface area contributed by atoms with Gasteiger partial charge >= 0.3 is 0 Å². The SMILES string of the molecule is CN(C(=O)Cc1ccccc1[N+](=O)[O-])[C@@H]1CCS(=O)(=O)C1. The Balaban J connectivity index is 2.10. The lowest BCUT2D eigenvalue weighted by molar-refractivity contribution is -0.385. The molecule has 1 aromatic rings. The molecule has 0 aromatic heterocycles. The standard InChI is InChI=1S/C13H16N2O5S/c1-14(11-6-7-21(19,20)9-11)13(16)8-10-4-2-3-5-12(10)15(17)18/h2-5,11H,6-9H2,1H3/t11-/m1/s1. The maximum Gasteiger partial charge on any atom is 0.273 e. The third-order valence-corrected chi connectivity index (χ3v) is 5.43. The van der Waals surface area contributed by atoms with Gasteiger partial charge < -0.3 is 4.90 Å². The quantitative estimate of drug-likeness (QED) is 0.604. The summed E-state index contributed by atoms with van der Waals surface area (Å²) in [5.74, 6) is -0.265. The molecule has 1 atom stereocenters. The summed E-state index contributed by atoms with van der Waals surface area (Å²) in [6.45, 7) is 0. The summed E-state index contributed by atoms with van der Waals surface area (Å²) >= 11 is 0. The van der Waals surface area contributed by atoms with E-state index in [0.717, 1.165) is 0 Å². The fourth-order valence-electron chi connectivity index (χ4n) is 2.41. The molecule has 0 N–H and O–H groups in total. The van der Waals surface area contributed by atoms with Crippen LogP contribution >= 0.6 is 0 Å². The third kappa shape index (κ3) is 3.57. The number of carbonyl (C=O) groups excluding carboxylic acids is 1. The van der Waals surface area contributed by atoms with Crippen LogP contribution in [0.4, 0.5) is 5.69 Å². The van der Waals surface area contributed by atoms with E-state index in [1.165, 1.54) is 17.0 Å². The van der Waals surface area contributed by atoms with Crippen molar-refractivity contribution in [1.29, 1.82) is 0 Å². The predicted molar refractivity (Wildman–Crippen MR) is 76.6 cm³/mol. The highest BCUT2D eigenvalue weighted by Gasteiger charge is 2.33. The Morgan fingerprint density at radius 1 is 1.43 bits per heavy atom. The average Bonchev–Trinajstić information content (AvgIpc) is 2.78. The van der Waals surface area contributed by atoms with Crippen molar-refractivity contribution in [2.24, 2.45) is 0 Å². The highest BCUT2D eigenvalue weighted by atomic mass is 32.2. The van der Waals surface area contributed by atoms with E-state index in [9.17, 15) is 23.3 Å². The highest BCUT2D eigenvalue weighted by Crippen LogP contribution is 2.21. The normalized spacial score (nSPS) is 20.1. The number of sulfone groups is 1. The molecule has 2 rings (SSSR count). The smallest absolute Gasteiger partial charge is 0.273 e. The van der Waals surface area contributed by atoms with E-state index in [0.29, 0.717) is 12.0 Å². The molecule has 1 heterocycles. The van der Waals surface area contributed by atoms with Gasteiger partial charge in [-0.25, -0.2) is 8.42 Å². The average molecular weight is 312 g/mol. The number of hydrogen-bond donors (Lipinski definition) is 0. The van der Waals surface area contributed by atoms with Gasteiger partial charge in [0.05, 0.1) is 22.8 Å². The van der Waals surface area contributed by atoms with Gasteiger partial charge in [0.25, 0.3) is 5.69 Å². The van der Waals surface area contributed by atoms with Gasteiger partial charge in [0, 0.05) is 24.7 Å². The number of nitrogens with zero attached hydrogens (tertiary/aromatic N) is 2. The Morgan fingerprint density at radius 2 is 2.10 bits per heavy atom. The molecule has 0 unspecified atom stereocenters. The van der Waals surface area contributed by atoms with E-state index in [4.69, 9.17) is 0 Å². The molecular weight excluding hydrogens is 296 g/mol. The van der Waals surface area contributed by atoms with Gasteiger partial charge in [0.15, 0.2) is 9.84 Å². The van der Waals surface area contributed by atoms with Crippen molar-refractivity contribution in [3.63, 3.8) is 0 Å². The van der Waals surface area contributed by atoms with Crippen molar-refractivity contribution >= 4 is 21.4 Å². The largest absolute Gasteiger partial charge is 0.341 e. The molecule has 1 aliphatic heterocycles. The summed E-state index contributed by atoms with van der Waals surface area (Å²) < 4.78 is 22.9. The monoisotopic (exact) mass is 312 g/mol. The van der Waals surface area contributed by atoms with E-state index in [1.807, 2.05) is 0 Å². The Bertz CT molecular complexity index is 671. The highest BCUT2D eigenvalue weighted by molar-refractivity contribution is 7.91. The van der Waals surface area contributed by atoms with Crippen molar-refractivity contribution in [3.05, 3.63) is 39.9 Å². The lowest BCUT2D eigenvalue weighted by Crippen LogP contribution is -2.38. The van der Waals surface area contributed by atoms with Gasteiger partial charge in [-0.15, -0.1) is 0 Å². The molecule has 7 nitrogen and oxygen atoms in total. The molecule has 0 saturated carbocycles. The van der Waals surface area contributed by atoms with E-state index in [-0.39, 0.29) is 35.6 Å². The second kappa shape index (κ2) is 5.80. The zero-order valence-corrected chi connectivity index (χ0v) is 12.4. The molecule has 0 spiro atoms. The Kier molecular flexibility index (Phi) is 4.26. The van der Waals surface area contributed by atoms with E-state index < -0.39 is 14.8 Å². The van der Waals surface area contributed by atoms with Crippen LogP contribution in [0.2, 0.25) is 0 Å². The first-order chi connectivity index (χ1) is 9.80. The van der Waals surface area contributed by atoms with Crippen LogP contribution in [-0.2, 0) is 21.1 Å². The molecule has 1 saturated heterocycles. The minimum atomic E-state index is -3.07. The number of hydrogen-bond acceptors (Lipinski definition) is 5. The van der Waals surface area contributed by atoms with Crippen LogP contribution in [0.15, 0.2) is 24.3 Å². The van der Waals surface area contributed by atoms with Crippen LogP contribution in [0, 0.1) is 10.1 Å². The first-order valence-electron chi connectivity index (χ1n) is 6.48. The van der Waals surface area contributed by atoms with Crippen molar-refractivity contribution in [1.82, 2.24) is 4.90 Å². The summed E-state index contributed by atoms with van der Waals surface area (Å²) in [7, 11) is -1.53. The first kappa shape index (κ1) is 15.4. The zero-order valence-electron chi connectivity index (χ0n) is 11.6. The van der Waals surface area contributed by atoms with Crippen LogP contribution in [0.5, 0.6) is 0 Å². The molecule has 1 amide bonds. The van der Waals surface area contributed by atoms with Crippen molar-refractivity contribution in [3.8, 4) is 0 Å². The number of rotatable bonds is 4. The van der Waals surface area contributed by atoms with Gasteiger partial charge in [0.1, 0.15) is 0 Å². The van der Waals surface area contributed by atoms with Crippen LogP contribution in [0.1, 0.15) is 12.0 Å². The summed E-state index contributed by atoms with van der Waals surface area (Å²) in [6.07, 6.45) is 0.311. The van der Waals surface area contributed by atoms with Crippen molar-refractivity contribution in [2.45, 2.75) is 18.9 Å². The van der Waals surface area contributed by atoms with Crippen LogP contribution in [-0.4, -0.2) is 48.7 Å². The lowest BCUT2D eigenvalue weighted by atomic mass is 10.1. The summed E-state index contributed by atoms with van der Waals surface area (Å²) in [4.78, 5) is 24.0. The Hall–Kier alpha value is -1.96. The molecular formula is C13H16N2O5S. The Labute approximate surface area is 122 Å². The summed E-state index contributed by atoms with van der Waals surface area (Å²) in [6, 6.07) is 5.72. The third-order valence-electron chi connectivity index (χ3n) is 3.68. The van der Waals surface area contributed by atoms with E-state index >= 15 is 0 Å². The second-order valence-corrected chi connectivity index (χ2v) is 7.35. The molecule has 0 aliphatic carbocycles. The predicted octanol–water partition coefficient (Wildman–Crippen LogP) is 0.783. The van der Waals surface area contributed by atoms with E-state index in [1.54, 1.807) is 19.2 Å². The number of nitro groups is 1. The Morgan fingerprint density at radius 3 is 2.67 bits per heavy atom. The second-order valence-electron chi connectivity index (χ2n) is 5.12. The summed E-state index contributed by atoms with van der Waals surface area (Å²) in [5, 5.41) is 10.9. The molecule has 1 aromatic carbocycles. The van der Waals surface area contributed by atoms with Gasteiger partial charge in [-0.2, -0.15) is 0 Å². The molecule has 1 aliphatic rings. The summed E-state index contributed by atoms with van der Waals surface area (Å²) in [5.41, 5.74) is 0.235. The molecule has 8 heteroatoms. The lowest BCUT2D eigenvalue weighted by Gasteiger charge is -2.23. The van der Waals surface area contributed by atoms with Crippen molar-refractivity contribution < 1.29 is 18.1 Å². The van der Waals surface area contributed by atoms with E-state index in [2.05, 4.69) is 0 Å². The molecule has 0 bridgehead atoms. The van der Waals surface area contributed by atoms with Gasteiger partial charge in [-0.3, -0.25) is 14.9 Å². The van der Waals surface area contributed by atoms with Crippen molar-refractivity contribution in [2.75, 3.05) is 18.6 Å². The van der Waals surface area contributed by atoms with Gasteiger partial charge in [-0.05, 0) is 6.42 Å². The molecule has 0 radical (unpaired) electrons. The minimum absolute atomic E-state index is 0.0356. The number of likely N-dealkylation sites (N-methyl/N-ethyl adjacent to an activating group) is 1. The molecule has 114 valence electrons. The number of amides is 1. The number of carbonyl (C=O) groups is 1. The van der Waals surface area contributed by atoms with Crippen LogP contribution in [0.25, 0.3) is 0 Å². The molecule has 21 heavy (non-hydrogen) atoms. The fourth-order valence-corrected chi connectivity index (χ4v) is 4.18. The maximum atomic E-state index is 12.2. The maximum absolute atomic E-state index is 12.2. The fraction of sp³-hybridized carbons (Fsp3) is 0.462. The number of nitro benzene ring substituents is 1. The van der Waals surface area contributed by atoms with Crippen LogP contribution < -0.4 is 0 Å². The van der Waals surface area contributed by atoms with Crippen LogP contribution in [0.3, 0.4) is 0 Å². The number of benzene rings is 1. The van der Waals surface area contributed by atoms with Gasteiger partial charge in [0.2, 0.25) is 5.91 Å². The first-order valence-corrected chi connectivity index (χ1v) is 8.30.